The zero-order chi connectivity index (χ0) is 18.6. The van der Waals surface area contributed by atoms with Crippen LogP contribution in [0.25, 0.3) is 10.9 Å². The predicted molar refractivity (Wildman–Crippen MR) is 96.8 cm³/mol. The van der Waals surface area contributed by atoms with Gasteiger partial charge in [0.1, 0.15) is 6.10 Å². The van der Waals surface area contributed by atoms with Crippen LogP contribution in [0.15, 0.2) is 30.5 Å². The molecule has 0 amide bonds. The minimum Gasteiger partial charge on any atom is -0.483 e. The fraction of sp³-hybridized carbons (Fsp3) is 0.526. The van der Waals surface area contributed by atoms with Crippen molar-refractivity contribution in [1.29, 1.82) is 0 Å². The molecule has 2 fully saturated rings. The van der Waals surface area contributed by atoms with Gasteiger partial charge in [-0.3, -0.25) is 9.69 Å². The average molecular weight is 362 g/mol. The van der Waals surface area contributed by atoms with E-state index in [2.05, 4.69) is 34.1 Å². The number of nitrogens with one attached hydrogen (secondary N) is 1. The lowest BCUT2D eigenvalue weighted by Gasteiger charge is -2.46. The van der Waals surface area contributed by atoms with Crippen molar-refractivity contribution in [3.05, 3.63) is 36.0 Å². The predicted octanol–water partition coefficient (Wildman–Crippen LogP) is 1.35. The SMILES string of the molecule is O=CO.O[C@@H]1CC2(CCN(Cc3ccc4cc[nH]c4c3)CC2)OC[C@@H]1O. The van der Waals surface area contributed by atoms with Gasteiger partial charge in [0.2, 0.25) is 0 Å². The van der Waals surface area contributed by atoms with Gasteiger partial charge in [-0.05, 0) is 35.9 Å². The number of nitrogens with zero attached hydrogens (tertiary/aromatic N) is 1. The molecule has 3 heterocycles. The van der Waals surface area contributed by atoms with Gasteiger partial charge >= 0.3 is 0 Å². The first-order chi connectivity index (χ1) is 12.5. The Morgan fingerprint density at radius 1 is 1.23 bits per heavy atom. The van der Waals surface area contributed by atoms with Crippen molar-refractivity contribution in [3.63, 3.8) is 0 Å². The second-order valence-corrected chi connectivity index (χ2v) is 7.11. The molecule has 142 valence electrons. The number of piperidine rings is 1. The van der Waals surface area contributed by atoms with Crippen LogP contribution < -0.4 is 0 Å². The van der Waals surface area contributed by atoms with Crippen LogP contribution in [-0.4, -0.2) is 69.2 Å². The Balaban J connectivity index is 0.000000613. The van der Waals surface area contributed by atoms with E-state index in [4.69, 9.17) is 14.6 Å². The van der Waals surface area contributed by atoms with Crippen molar-refractivity contribution in [1.82, 2.24) is 9.88 Å². The van der Waals surface area contributed by atoms with Gasteiger partial charge in [0.05, 0.1) is 18.3 Å². The second kappa shape index (κ2) is 8.18. The number of aliphatic hydroxyl groups is 2. The summed E-state index contributed by atoms with van der Waals surface area (Å²) in [6.07, 6.45) is 2.98. The van der Waals surface area contributed by atoms with Crippen LogP contribution in [0.5, 0.6) is 0 Å². The summed E-state index contributed by atoms with van der Waals surface area (Å²) in [6.45, 7) is 2.87. The molecule has 2 aliphatic rings. The third kappa shape index (κ3) is 4.24. The van der Waals surface area contributed by atoms with Crippen LogP contribution in [0.1, 0.15) is 24.8 Å². The molecule has 7 heteroatoms. The summed E-state index contributed by atoms with van der Waals surface area (Å²) in [6, 6.07) is 8.66. The summed E-state index contributed by atoms with van der Waals surface area (Å²) in [7, 11) is 0. The molecule has 0 aliphatic carbocycles. The Labute approximate surface area is 152 Å². The molecule has 0 saturated carbocycles. The Kier molecular flexibility index (Phi) is 5.93. The van der Waals surface area contributed by atoms with E-state index < -0.39 is 12.2 Å². The van der Waals surface area contributed by atoms with Crippen LogP contribution in [0, 0.1) is 0 Å². The highest BCUT2D eigenvalue weighted by Crippen LogP contribution is 2.35. The quantitative estimate of drug-likeness (QED) is 0.601. The van der Waals surface area contributed by atoms with Gasteiger partial charge in [0.25, 0.3) is 6.47 Å². The van der Waals surface area contributed by atoms with Crippen molar-refractivity contribution in [2.45, 2.75) is 43.6 Å². The van der Waals surface area contributed by atoms with Crippen molar-refractivity contribution in [2.24, 2.45) is 0 Å². The number of rotatable bonds is 2. The number of aromatic amines is 1. The first kappa shape index (κ1) is 18.8. The number of likely N-dealkylation sites (tertiary alicyclic amines) is 1. The summed E-state index contributed by atoms with van der Waals surface area (Å²) in [5, 5.41) is 27.7. The Hall–Kier alpha value is -1.93. The molecule has 4 rings (SSSR count). The minimum atomic E-state index is -0.730. The van der Waals surface area contributed by atoms with Gasteiger partial charge in [0.15, 0.2) is 0 Å². The van der Waals surface area contributed by atoms with Crippen molar-refractivity contribution in [2.75, 3.05) is 19.7 Å². The van der Waals surface area contributed by atoms with E-state index in [1.165, 1.54) is 16.5 Å². The van der Waals surface area contributed by atoms with Gasteiger partial charge in [-0.25, -0.2) is 0 Å². The van der Waals surface area contributed by atoms with E-state index in [-0.39, 0.29) is 18.7 Å². The molecular weight excluding hydrogens is 336 g/mol. The highest BCUT2D eigenvalue weighted by molar-refractivity contribution is 5.79. The number of ether oxygens (including phenoxy) is 1. The fourth-order valence-electron chi connectivity index (χ4n) is 3.87. The highest BCUT2D eigenvalue weighted by Gasteiger charge is 2.42. The van der Waals surface area contributed by atoms with Gasteiger partial charge in [0, 0.05) is 37.8 Å². The number of carboxylic acid groups (broad SMARTS) is 1. The molecule has 1 aromatic heterocycles. The maximum absolute atomic E-state index is 9.93. The Morgan fingerprint density at radius 2 is 1.96 bits per heavy atom. The Bertz CT molecular complexity index is 724. The lowest BCUT2D eigenvalue weighted by molar-refractivity contribution is -0.188. The van der Waals surface area contributed by atoms with Crippen molar-refractivity contribution >= 4 is 17.4 Å². The zero-order valence-corrected chi connectivity index (χ0v) is 14.7. The van der Waals surface area contributed by atoms with Crippen LogP contribution in [0.4, 0.5) is 0 Å². The van der Waals surface area contributed by atoms with Crippen LogP contribution in [0.3, 0.4) is 0 Å². The molecule has 1 spiro atoms. The van der Waals surface area contributed by atoms with Gasteiger partial charge in [-0.1, -0.05) is 12.1 Å². The van der Waals surface area contributed by atoms with Crippen LogP contribution in [-0.2, 0) is 16.1 Å². The molecule has 0 bridgehead atoms. The van der Waals surface area contributed by atoms with Crippen LogP contribution in [0.2, 0.25) is 0 Å². The number of aliphatic hydroxyl groups excluding tert-OH is 2. The number of H-pyrrole nitrogens is 1. The van der Waals surface area contributed by atoms with E-state index in [0.29, 0.717) is 6.42 Å². The molecule has 7 nitrogen and oxygen atoms in total. The second-order valence-electron chi connectivity index (χ2n) is 7.11. The maximum Gasteiger partial charge on any atom is 0.290 e. The van der Waals surface area contributed by atoms with E-state index in [1.807, 2.05) is 6.20 Å². The number of hydrogen-bond acceptors (Lipinski definition) is 5. The number of carbonyl (C=O) groups is 1. The number of hydrogen-bond donors (Lipinski definition) is 4. The van der Waals surface area contributed by atoms with Crippen molar-refractivity contribution in [3.8, 4) is 0 Å². The Morgan fingerprint density at radius 3 is 2.65 bits per heavy atom. The summed E-state index contributed by atoms with van der Waals surface area (Å²) >= 11 is 0. The third-order valence-corrected chi connectivity index (χ3v) is 5.38. The van der Waals surface area contributed by atoms with Gasteiger partial charge < -0.3 is 25.0 Å². The normalized spacial score (nSPS) is 25.6. The van der Waals surface area contributed by atoms with Crippen molar-refractivity contribution < 1.29 is 24.9 Å². The first-order valence-electron chi connectivity index (χ1n) is 8.91. The lowest BCUT2D eigenvalue weighted by Crippen LogP contribution is -2.54. The molecule has 26 heavy (non-hydrogen) atoms. The standard InChI is InChI=1S/C18H24N2O3.CH2O2/c21-16-10-18(23-12-17(16)22)4-7-20(8-5-18)11-13-1-2-14-3-6-19-15(14)9-13;2-1-3/h1-3,6,9,16-17,19,21-22H,4-5,7-8,10-12H2;1H,(H,2,3)/t16-,17+;/m1./s1. The largest absolute Gasteiger partial charge is 0.483 e. The number of benzene rings is 1. The molecule has 0 unspecified atom stereocenters. The van der Waals surface area contributed by atoms with Gasteiger partial charge in [-0.2, -0.15) is 0 Å². The smallest absolute Gasteiger partial charge is 0.290 e. The third-order valence-electron chi connectivity index (χ3n) is 5.38. The molecule has 4 N–H and O–H groups in total. The lowest BCUT2D eigenvalue weighted by atomic mass is 9.82. The summed E-state index contributed by atoms with van der Waals surface area (Å²) in [5.41, 5.74) is 2.26. The summed E-state index contributed by atoms with van der Waals surface area (Å²) < 4.78 is 5.89. The molecule has 2 atom stereocenters. The highest BCUT2D eigenvalue weighted by atomic mass is 16.5. The topological polar surface area (TPSA) is 106 Å². The van der Waals surface area contributed by atoms with E-state index in [0.717, 1.165) is 32.5 Å². The number of aromatic nitrogens is 1. The number of fused-ring (bicyclic) bond motifs is 1. The first-order valence-corrected chi connectivity index (χ1v) is 8.91. The summed E-state index contributed by atoms with van der Waals surface area (Å²) in [4.78, 5) is 14.1. The zero-order valence-electron chi connectivity index (χ0n) is 14.7. The molecular formula is C19H26N2O5. The monoisotopic (exact) mass is 362 g/mol. The molecule has 1 aromatic carbocycles. The minimum absolute atomic E-state index is 0.238. The van der Waals surface area contributed by atoms with E-state index >= 15 is 0 Å². The van der Waals surface area contributed by atoms with E-state index in [1.54, 1.807) is 0 Å². The fourth-order valence-corrected chi connectivity index (χ4v) is 3.87. The molecule has 2 aromatic rings. The van der Waals surface area contributed by atoms with Crippen LogP contribution >= 0.6 is 0 Å². The molecule has 0 radical (unpaired) electrons. The molecule has 2 aliphatic heterocycles. The molecule has 2 saturated heterocycles. The van der Waals surface area contributed by atoms with E-state index in [9.17, 15) is 10.2 Å². The average Bonchev–Trinajstić information content (AvgIpc) is 3.09. The summed E-state index contributed by atoms with van der Waals surface area (Å²) in [5.74, 6) is 0. The maximum atomic E-state index is 9.93. The van der Waals surface area contributed by atoms with Gasteiger partial charge in [-0.15, -0.1) is 0 Å².